The number of hydrogen-bond acceptors (Lipinski definition) is 2. The molecule has 0 amide bonds. The molecular weight excluding hydrogens is 392 g/mol. The van der Waals surface area contributed by atoms with E-state index in [1.54, 1.807) is 0 Å². The lowest BCUT2D eigenvalue weighted by Crippen LogP contribution is -2.02. The van der Waals surface area contributed by atoms with Crippen LogP contribution in [0.25, 0.3) is 32.7 Å². The highest BCUT2D eigenvalue weighted by Crippen LogP contribution is 2.45. The predicted molar refractivity (Wildman–Crippen MR) is 137 cm³/mol. The monoisotopic (exact) mass is 422 g/mol. The van der Waals surface area contributed by atoms with E-state index in [0.717, 1.165) is 48.3 Å². The molecule has 0 fully saturated rings. The minimum absolute atomic E-state index is 0.650. The summed E-state index contributed by atoms with van der Waals surface area (Å²) in [4.78, 5) is 0. The van der Waals surface area contributed by atoms with Crippen molar-refractivity contribution < 1.29 is 9.47 Å². The predicted octanol–water partition coefficient (Wildman–Crippen LogP) is 8.35. The van der Waals surface area contributed by atoms with E-state index in [9.17, 15) is 0 Å². The molecule has 4 rings (SSSR count). The molecule has 0 aliphatic rings. The molecule has 2 heteroatoms. The minimum atomic E-state index is 0.650. The Labute approximate surface area is 190 Å². The molecule has 32 heavy (non-hydrogen) atoms. The summed E-state index contributed by atoms with van der Waals surface area (Å²) in [7, 11) is 0. The van der Waals surface area contributed by atoms with Crippen molar-refractivity contribution in [3.8, 4) is 22.6 Å². The van der Waals surface area contributed by atoms with E-state index in [2.05, 4.69) is 86.0 Å². The molecule has 0 N–H and O–H groups in total. The number of rotatable bonds is 11. The quantitative estimate of drug-likeness (QED) is 0.179. The molecule has 4 aromatic rings. The van der Waals surface area contributed by atoms with E-state index >= 15 is 0 Å². The molecule has 0 aliphatic carbocycles. The smallest absolute Gasteiger partial charge is 0.127 e. The lowest BCUT2D eigenvalue weighted by atomic mass is 9.92. The fourth-order valence-corrected chi connectivity index (χ4v) is 4.08. The molecule has 0 aromatic heterocycles. The van der Waals surface area contributed by atoms with E-state index in [-0.39, 0.29) is 0 Å². The van der Waals surface area contributed by atoms with Crippen molar-refractivity contribution >= 4 is 21.5 Å². The molecule has 0 aliphatic heterocycles. The van der Waals surface area contributed by atoms with E-state index in [4.69, 9.17) is 9.47 Å². The van der Waals surface area contributed by atoms with E-state index in [0.29, 0.717) is 13.2 Å². The molecule has 0 spiro atoms. The summed E-state index contributed by atoms with van der Waals surface area (Å²) in [5.74, 6) is 1.78. The Morgan fingerprint density at radius 2 is 1.00 bits per heavy atom. The van der Waals surface area contributed by atoms with Crippen LogP contribution in [-0.2, 0) is 0 Å². The largest absolute Gasteiger partial charge is 0.493 e. The van der Waals surface area contributed by atoms with Crippen molar-refractivity contribution in [1.82, 2.24) is 0 Å². The highest BCUT2D eigenvalue weighted by molar-refractivity contribution is 6.09. The van der Waals surface area contributed by atoms with Gasteiger partial charge in [-0.1, -0.05) is 72.8 Å². The fraction of sp³-hybridized carbons (Fsp3) is 0.200. The summed E-state index contributed by atoms with van der Waals surface area (Å²) < 4.78 is 12.7. The van der Waals surface area contributed by atoms with Crippen LogP contribution in [0.4, 0.5) is 0 Å². The summed E-state index contributed by atoms with van der Waals surface area (Å²) in [6, 6.07) is 25.4. The van der Waals surface area contributed by atoms with Gasteiger partial charge in [-0.15, -0.1) is 13.2 Å². The van der Waals surface area contributed by atoms with Gasteiger partial charge in [0.05, 0.1) is 13.2 Å². The first-order valence-corrected chi connectivity index (χ1v) is 11.3. The molecule has 2 nitrogen and oxygen atoms in total. The molecule has 0 unspecified atom stereocenters. The Kier molecular flexibility index (Phi) is 7.24. The normalized spacial score (nSPS) is 10.9. The van der Waals surface area contributed by atoms with Crippen LogP contribution >= 0.6 is 0 Å². The average Bonchev–Trinajstić information content (AvgIpc) is 2.84. The van der Waals surface area contributed by atoms with Gasteiger partial charge in [-0.2, -0.15) is 0 Å². The van der Waals surface area contributed by atoms with Gasteiger partial charge in [-0.25, -0.2) is 0 Å². The zero-order valence-electron chi connectivity index (χ0n) is 18.6. The summed E-state index contributed by atoms with van der Waals surface area (Å²) >= 11 is 0. The Morgan fingerprint density at radius 3 is 1.44 bits per heavy atom. The second-order valence-corrected chi connectivity index (χ2v) is 7.88. The number of fused-ring (bicyclic) bond motifs is 2. The van der Waals surface area contributed by atoms with Crippen molar-refractivity contribution in [3.63, 3.8) is 0 Å². The van der Waals surface area contributed by atoms with E-state index in [1.807, 2.05) is 12.2 Å². The number of ether oxygens (including phenoxy) is 2. The lowest BCUT2D eigenvalue weighted by Gasteiger charge is -2.19. The van der Waals surface area contributed by atoms with E-state index < -0.39 is 0 Å². The van der Waals surface area contributed by atoms with Gasteiger partial charge in [0, 0.05) is 11.1 Å². The fourth-order valence-electron chi connectivity index (χ4n) is 4.08. The SMILES string of the molecule is C=CCCCOc1ccc2ccccc2c1-c1c(OCCCC=C)ccc2ccccc12. The second-order valence-electron chi connectivity index (χ2n) is 7.88. The van der Waals surface area contributed by atoms with Crippen molar-refractivity contribution in [2.75, 3.05) is 13.2 Å². The first kappa shape index (κ1) is 21.7. The van der Waals surface area contributed by atoms with Gasteiger partial charge in [0.15, 0.2) is 0 Å². The van der Waals surface area contributed by atoms with Gasteiger partial charge in [-0.3, -0.25) is 0 Å². The van der Waals surface area contributed by atoms with Gasteiger partial charge in [-0.05, 0) is 59.4 Å². The first-order chi connectivity index (χ1) is 15.8. The average molecular weight is 423 g/mol. The van der Waals surface area contributed by atoms with Gasteiger partial charge in [0.2, 0.25) is 0 Å². The molecule has 0 saturated carbocycles. The molecule has 0 radical (unpaired) electrons. The summed E-state index contributed by atoms with van der Waals surface area (Å²) in [5, 5.41) is 4.71. The zero-order valence-corrected chi connectivity index (χ0v) is 18.6. The standard InChI is InChI=1S/C30H30O2/c1-3-5-11-21-31-27-19-17-23-13-7-9-15-25(23)29(27)30-26-16-10-8-14-24(26)18-20-28(30)32-22-12-6-4-2/h3-4,7-10,13-20H,1-2,5-6,11-12,21-22H2. The molecule has 0 bridgehead atoms. The molecular formula is C30H30O2. The third-order valence-electron chi connectivity index (χ3n) is 5.65. The number of unbranched alkanes of at least 4 members (excludes halogenated alkanes) is 2. The third-order valence-corrected chi connectivity index (χ3v) is 5.65. The topological polar surface area (TPSA) is 18.5 Å². The number of hydrogen-bond donors (Lipinski definition) is 0. The maximum Gasteiger partial charge on any atom is 0.127 e. The third kappa shape index (κ3) is 4.70. The van der Waals surface area contributed by atoms with Crippen LogP contribution in [0, 0.1) is 0 Å². The number of allylic oxidation sites excluding steroid dienone is 2. The summed E-state index contributed by atoms with van der Waals surface area (Å²) in [6.45, 7) is 8.94. The van der Waals surface area contributed by atoms with Crippen LogP contribution in [0.3, 0.4) is 0 Å². The molecule has 4 aromatic carbocycles. The van der Waals surface area contributed by atoms with Crippen molar-refractivity contribution in [2.45, 2.75) is 25.7 Å². The van der Waals surface area contributed by atoms with Crippen molar-refractivity contribution in [1.29, 1.82) is 0 Å². The van der Waals surface area contributed by atoms with Gasteiger partial charge < -0.3 is 9.47 Å². The van der Waals surface area contributed by atoms with Crippen LogP contribution < -0.4 is 9.47 Å². The van der Waals surface area contributed by atoms with Crippen molar-refractivity contribution in [2.24, 2.45) is 0 Å². The van der Waals surface area contributed by atoms with Crippen LogP contribution in [0.1, 0.15) is 25.7 Å². The molecule has 162 valence electrons. The van der Waals surface area contributed by atoms with E-state index in [1.165, 1.54) is 21.5 Å². The van der Waals surface area contributed by atoms with Crippen LogP contribution in [-0.4, -0.2) is 13.2 Å². The lowest BCUT2D eigenvalue weighted by molar-refractivity contribution is 0.309. The summed E-state index contributed by atoms with van der Waals surface area (Å²) in [5.41, 5.74) is 2.19. The Hall–Kier alpha value is -3.52. The van der Waals surface area contributed by atoms with Gasteiger partial charge in [0.1, 0.15) is 11.5 Å². The van der Waals surface area contributed by atoms with Crippen LogP contribution in [0.15, 0.2) is 98.1 Å². The summed E-state index contributed by atoms with van der Waals surface area (Å²) in [6.07, 6.45) is 7.63. The Bertz CT molecular complexity index is 1120. The molecule has 0 saturated heterocycles. The van der Waals surface area contributed by atoms with Crippen LogP contribution in [0.2, 0.25) is 0 Å². The van der Waals surface area contributed by atoms with Crippen LogP contribution in [0.5, 0.6) is 11.5 Å². The Morgan fingerprint density at radius 1 is 0.562 bits per heavy atom. The maximum absolute atomic E-state index is 6.33. The molecule has 0 atom stereocenters. The van der Waals surface area contributed by atoms with Gasteiger partial charge >= 0.3 is 0 Å². The van der Waals surface area contributed by atoms with Crippen molar-refractivity contribution in [3.05, 3.63) is 98.1 Å². The first-order valence-electron chi connectivity index (χ1n) is 11.3. The minimum Gasteiger partial charge on any atom is -0.493 e. The highest BCUT2D eigenvalue weighted by Gasteiger charge is 2.19. The maximum atomic E-state index is 6.33. The Balaban J connectivity index is 1.90. The number of benzene rings is 4. The van der Waals surface area contributed by atoms with Gasteiger partial charge in [0.25, 0.3) is 0 Å². The molecule has 0 heterocycles. The highest BCUT2D eigenvalue weighted by atomic mass is 16.5. The second kappa shape index (κ2) is 10.7. The zero-order chi connectivity index (χ0) is 22.2.